The van der Waals surface area contributed by atoms with Crippen molar-refractivity contribution >= 4 is 17.3 Å². The molecule has 0 aliphatic carbocycles. The number of nitro groups is 1. The number of non-ortho nitro benzene ring substituents is 1. The summed E-state index contributed by atoms with van der Waals surface area (Å²) in [7, 11) is 1.68. The number of piperidine rings is 1. The predicted octanol–water partition coefficient (Wildman–Crippen LogP) is 3.73. The van der Waals surface area contributed by atoms with Crippen molar-refractivity contribution in [2.75, 3.05) is 25.0 Å². The molecule has 1 amide bonds. The first-order valence-electron chi connectivity index (χ1n) is 9.27. The van der Waals surface area contributed by atoms with Crippen molar-refractivity contribution in [3.63, 3.8) is 0 Å². The minimum Gasteiger partial charge on any atom is -0.371 e. The number of carbonyl (C=O) groups is 1. The lowest BCUT2D eigenvalue weighted by atomic mass is 10.0. The van der Waals surface area contributed by atoms with Crippen LogP contribution in [0.3, 0.4) is 0 Å². The van der Waals surface area contributed by atoms with Crippen LogP contribution in [-0.2, 0) is 6.54 Å². The van der Waals surface area contributed by atoms with Gasteiger partial charge in [0, 0.05) is 38.8 Å². The number of benzene rings is 2. The van der Waals surface area contributed by atoms with Gasteiger partial charge in [-0.05, 0) is 43.0 Å². The Kier molecular flexibility index (Phi) is 5.90. The minimum absolute atomic E-state index is 0.0871. The Balaban J connectivity index is 1.87. The lowest BCUT2D eigenvalue weighted by Gasteiger charge is -2.31. The maximum absolute atomic E-state index is 13.1. The molecule has 144 valence electrons. The van der Waals surface area contributed by atoms with Crippen molar-refractivity contribution in [2.45, 2.75) is 25.8 Å². The van der Waals surface area contributed by atoms with Gasteiger partial charge in [-0.3, -0.25) is 14.9 Å². The molecule has 1 saturated heterocycles. The van der Waals surface area contributed by atoms with Crippen LogP contribution in [0.1, 0.15) is 40.7 Å². The van der Waals surface area contributed by atoms with Gasteiger partial charge in [0.1, 0.15) is 0 Å². The number of amides is 1. The molecule has 3 rings (SSSR count). The van der Waals surface area contributed by atoms with E-state index < -0.39 is 4.92 Å². The first-order chi connectivity index (χ1) is 13.5. The van der Waals surface area contributed by atoms with E-state index in [1.807, 2.05) is 0 Å². The molecule has 1 aliphatic rings. The number of hydrogen-bond donors (Lipinski definition) is 0. The van der Waals surface area contributed by atoms with Crippen molar-refractivity contribution in [1.82, 2.24) is 4.90 Å². The molecule has 0 unspecified atom stereocenters. The van der Waals surface area contributed by atoms with Crippen molar-refractivity contribution < 1.29 is 9.72 Å². The van der Waals surface area contributed by atoms with Gasteiger partial charge in [0.15, 0.2) is 0 Å². The lowest BCUT2D eigenvalue weighted by Crippen LogP contribution is -2.33. The molecule has 0 saturated carbocycles. The lowest BCUT2D eigenvalue weighted by molar-refractivity contribution is -0.384. The van der Waals surface area contributed by atoms with E-state index in [4.69, 9.17) is 5.26 Å². The third-order valence-corrected chi connectivity index (χ3v) is 4.97. The smallest absolute Gasteiger partial charge is 0.270 e. The highest BCUT2D eigenvalue weighted by Gasteiger charge is 2.24. The normalized spacial score (nSPS) is 13.6. The molecule has 1 fully saturated rings. The van der Waals surface area contributed by atoms with E-state index in [2.05, 4.69) is 11.0 Å². The largest absolute Gasteiger partial charge is 0.371 e. The zero-order valence-corrected chi connectivity index (χ0v) is 15.8. The summed E-state index contributed by atoms with van der Waals surface area (Å²) in [6.07, 6.45) is 3.25. The third kappa shape index (κ3) is 4.29. The van der Waals surface area contributed by atoms with E-state index in [-0.39, 0.29) is 11.6 Å². The van der Waals surface area contributed by atoms with Gasteiger partial charge in [-0.25, -0.2) is 0 Å². The Labute approximate surface area is 163 Å². The molecule has 7 heteroatoms. The second kappa shape index (κ2) is 8.53. The molecule has 0 aromatic heterocycles. The summed E-state index contributed by atoms with van der Waals surface area (Å²) in [4.78, 5) is 27.6. The molecular weight excluding hydrogens is 356 g/mol. The van der Waals surface area contributed by atoms with Gasteiger partial charge >= 0.3 is 0 Å². The summed E-state index contributed by atoms with van der Waals surface area (Å²) >= 11 is 0. The number of carbonyl (C=O) groups excluding carboxylic acids is 1. The molecule has 1 aliphatic heterocycles. The number of rotatable bonds is 5. The first kappa shape index (κ1) is 19.4. The standard InChI is InChI=1S/C21H22N4O3/c1-23(15-17-7-5-16(14-22)6-8-17)21(26)19-13-18(25(27)28)9-10-20(19)24-11-3-2-4-12-24/h5-10,13H,2-4,11-12,15H2,1H3. The van der Waals surface area contributed by atoms with Gasteiger partial charge in [0.2, 0.25) is 0 Å². The van der Waals surface area contributed by atoms with Gasteiger partial charge in [0.25, 0.3) is 11.6 Å². The number of anilines is 1. The molecular formula is C21H22N4O3. The van der Waals surface area contributed by atoms with E-state index in [9.17, 15) is 14.9 Å². The summed E-state index contributed by atoms with van der Waals surface area (Å²) in [6, 6.07) is 13.6. The average Bonchev–Trinajstić information content (AvgIpc) is 2.73. The van der Waals surface area contributed by atoms with Crippen LogP contribution in [-0.4, -0.2) is 35.9 Å². The van der Waals surface area contributed by atoms with Crippen LogP contribution in [0.25, 0.3) is 0 Å². The highest BCUT2D eigenvalue weighted by Crippen LogP contribution is 2.29. The highest BCUT2D eigenvalue weighted by molar-refractivity contribution is 6.00. The monoisotopic (exact) mass is 378 g/mol. The number of nitriles is 1. The molecule has 0 N–H and O–H groups in total. The maximum atomic E-state index is 13.1. The second-order valence-corrected chi connectivity index (χ2v) is 6.98. The van der Waals surface area contributed by atoms with E-state index in [1.165, 1.54) is 12.1 Å². The molecule has 2 aromatic carbocycles. The van der Waals surface area contributed by atoms with Crippen LogP contribution in [0.4, 0.5) is 11.4 Å². The molecule has 7 nitrogen and oxygen atoms in total. The molecule has 2 aromatic rings. The van der Waals surface area contributed by atoms with Gasteiger partial charge in [0.05, 0.1) is 27.8 Å². The van der Waals surface area contributed by atoms with Gasteiger partial charge < -0.3 is 9.80 Å². The number of nitrogens with zero attached hydrogens (tertiary/aromatic N) is 4. The van der Waals surface area contributed by atoms with Gasteiger partial charge in [-0.2, -0.15) is 5.26 Å². The van der Waals surface area contributed by atoms with Crippen LogP contribution in [0, 0.1) is 21.4 Å². The molecule has 0 atom stereocenters. The fourth-order valence-electron chi connectivity index (χ4n) is 3.46. The van der Waals surface area contributed by atoms with E-state index in [0.717, 1.165) is 43.6 Å². The minimum atomic E-state index is -0.475. The quantitative estimate of drug-likeness (QED) is 0.584. The Morgan fingerprint density at radius 3 is 2.46 bits per heavy atom. The van der Waals surface area contributed by atoms with E-state index >= 15 is 0 Å². The number of hydrogen-bond acceptors (Lipinski definition) is 5. The highest BCUT2D eigenvalue weighted by atomic mass is 16.6. The Bertz CT molecular complexity index is 912. The zero-order chi connectivity index (χ0) is 20.1. The average molecular weight is 378 g/mol. The van der Waals surface area contributed by atoms with Crippen molar-refractivity contribution in [2.24, 2.45) is 0 Å². The third-order valence-electron chi connectivity index (χ3n) is 4.97. The SMILES string of the molecule is CN(Cc1ccc(C#N)cc1)C(=O)c1cc([N+](=O)[O-])ccc1N1CCCCC1. The van der Waals surface area contributed by atoms with Crippen LogP contribution >= 0.6 is 0 Å². The van der Waals surface area contributed by atoms with Crippen molar-refractivity contribution in [1.29, 1.82) is 5.26 Å². The summed E-state index contributed by atoms with van der Waals surface area (Å²) in [6.45, 7) is 2.04. The van der Waals surface area contributed by atoms with Crippen LogP contribution in [0.2, 0.25) is 0 Å². The van der Waals surface area contributed by atoms with Crippen LogP contribution in [0.15, 0.2) is 42.5 Å². The van der Waals surface area contributed by atoms with Crippen molar-refractivity contribution in [3.8, 4) is 6.07 Å². The Hall–Kier alpha value is -3.40. The first-order valence-corrected chi connectivity index (χ1v) is 9.27. The van der Waals surface area contributed by atoms with Gasteiger partial charge in [-0.1, -0.05) is 12.1 Å². The Morgan fingerprint density at radius 2 is 1.86 bits per heavy atom. The molecule has 0 spiro atoms. The summed E-state index contributed by atoms with van der Waals surface area (Å²) < 4.78 is 0. The molecule has 1 heterocycles. The van der Waals surface area contributed by atoms with E-state index in [0.29, 0.717) is 17.7 Å². The van der Waals surface area contributed by atoms with Crippen molar-refractivity contribution in [3.05, 3.63) is 69.3 Å². The van der Waals surface area contributed by atoms with Crippen LogP contribution < -0.4 is 4.90 Å². The Morgan fingerprint density at radius 1 is 1.18 bits per heavy atom. The fraction of sp³-hybridized carbons (Fsp3) is 0.333. The summed E-state index contributed by atoms with van der Waals surface area (Å²) in [5, 5.41) is 20.1. The predicted molar refractivity (Wildman–Crippen MR) is 106 cm³/mol. The topological polar surface area (TPSA) is 90.5 Å². The molecule has 0 radical (unpaired) electrons. The summed E-state index contributed by atoms with van der Waals surface area (Å²) in [5.74, 6) is -0.256. The fourth-order valence-corrected chi connectivity index (χ4v) is 3.46. The number of nitro benzene ring substituents is 1. The summed E-state index contributed by atoms with van der Waals surface area (Å²) in [5.41, 5.74) is 2.47. The van der Waals surface area contributed by atoms with Gasteiger partial charge in [-0.15, -0.1) is 0 Å². The maximum Gasteiger partial charge on any atom is 0.270 e. The molecule has 0 bridgehead atoms. The van der Waals surface area contributed by atoms with E-state index in [1.54, 1.807) is 42.3 Å². The second-order valence-electron chi connectivity index (χ2n) is 6.98. The zero-order valence-electron chi connectivity index (χ0n) is 15.8. The molecule has 28 heavy (non-hydrogen) atoms. The van der Waals surface area contributed by atoms with Crippen LogP contribution in [0.5, 0.6) is 0 Å².